The van der Waals surface area contributed by atoms with Gasteiger partial charge in [-0.15, -0.1) is 0 Å². The Kier molecular flexibility index (Phi) is 4.62. The monoisotopic (exact) mass is 261 g/mol. The molecule has 0 aliphatic rings. The summed E-state index contributed by atoms with van der Waals surface area (Å²) in [4.78, 5) is 0. The van der Waals surface area contributed by atoms with Gasteiger partial charge in [0, 0.05) is 11.8 Å². The zero-order valence-corrected chi connectivity index (χ0v) is 10.3. The summed E-state index contributed by atoms with van der Waals surface area (Å²) in [6, 6.07) is 4.50. The molecule has 0 saturated carbocycles. The van der Waals surface area contributed by atoms with Crippen molar-refractivity contribution in [3.8, 4) is 0 Å². The molecular weight excluding hydrogens is 245 g/mol. The van der Waals surface area contributed by atoms with E-state index in [0.717, 1.165) is 0 Å². The van der Waals surface area contributed by atoms with E-state index in [1.165, 1.54) is 25.1 Å². The van der Waals surface area contributed by atoms with Crippen molar-refractivity contribution >= 4 is 9.84 Å². The van der Waals surface area contributed by atoms with E-state index >= 15 is 0 Å². The van der Waals surface area contributed by atoms with E-state index in [1.807, 2.05) is 0 Å². The number of aliphatic hydroxyl groups is 1. The summed E-state index contributed by atoms with van der Waals surface area (Å²) >= 11 is 0. The fraction of sp³-hybridized carbons (Fsp3) is 0.455. The molecule has 0 saturated heterocycles. The van der Waals surface area contributed by atoms with Gasteiger partial charge in [-0.3, -0.25) is 0 Å². The highest BCUT2D eigenvalue weighted by Crippen LogP contribution is 2.21. The van der Waals surface area contributed by atoms with Gasteiger partial charge in [-0.25, -0.2) is 12.8 Å². The van der Waals surface area contributed by atoms with Crippen LogP contribution >= 0.6 is 0 Å². The van der Waals surface area contributed by atoms with Gasteiger partial charge in [-0.2, -0.15) is 0 Å². The van der Waals surface area contributed by atoms with E-state index in [2.05, 4.69) is 0 Å². The van der Waals surface area contributed by atoms with Gasteiger partial charge in [0.25, 0.3) is 0 Å². The molecule has 0 radical (unpaired) electrons. The van der Waals surface area contributed by atoms with Gasteiger partial charge < -0.3 is 10.8 Å². The maximum atomic E-state index is 13.0. The molecule has 0 heterocycles. The molecule has 1 aromatic carbocycles. The third kappa shape index (κ3) is 3.24. The highest BCUT2D eigenvalue weighted by Gasteiger charge is 2.30. The smallest absolute Gasteiger partial charge is 0.157 e. The van der Waals surface area contributed by atoms with E-state index in [4.69, 9.17) is 10.8 Å². The molecule has 1 aromatic rings. The maximum Gasteiger partial charge on any atom is 0.157 e. The number of nitrogens with two attached hydrogens (primary N) is 1. The SMILES string of the molecule is CCS(=O)(=O)[C@@H](CO)[C@H](N)c1cccc(F)c1. The minimum Gasteiger partial charge on any atom is -0.395 e. The molecule has 0 bridgehead atoms. The third-order valence-corrected chi connectivity index (χ3v) is 4.85. The molecule has 0 aliphatic carbocycles. The molecule has 1 rings (SSSR count). The third-order valence-electron chi connectivity index (χ3n) is 2.68. The van der Waals surface area contributed by atoms with E-state index < -0.39 is 33.6 Å². The average molecular weight is 261 g/mol. The average Bonchev–Trinajstić information content (AvgIpc) is 2.29. The summed E-state index contributed by atoms with van der Waals surface area (Å²) in [6.07, 6.45) is 0. The molecule has 6 heteroatoms. The first-order valence-corrected chi connectivity index (χ1v) is 6.97. The van der Waals surface area contributed by atoms with Crippen LogP contribution in [0.2, 0.25) is 0 Å². The summed E-state index contributed by atoms with van der Waals surface area (Å²) in [7, 11) is -3.47. The predicted octanol–water partition coefficient (Wildman–Crippen LogP) is 0.621. The van der Waals surface area contributed by atoms with Crippen LogP contribution in [-0.4, -0.2) is 31.1 Å². The van der Waals surface area contributed by atoms with Crippen LogP contribution in [0.25, 0.3) is 0 Å². The van der Waals surface area contributed by atoms with Gasteiger partial charge in [0.15, 0.2) is 9.84 Å². The summed E-state index contributed by atoms with van der Waals surface area (Å²) in [5.41, 5.74) is 6.14. The quantitative estimate of drug-likeness (QED) is 0.814. The van der Waals surface area contributed by atoms with Crippen molar-refractivity contribution in [3.63, 3.8) is 0 Å². The Morgan fingerprint density at radius 1 is 1.47 bits per heavy atom. The number of halogens is 1. The zero-order chi connectivity index (χ0) is 13.1. The van der Waals surface area contributed by atoms with E-state index in [0.29, 0.717) is 5.56 Å². The molecule has 0 amide bonds. The molecule has 3 N–H and O–H groups in total. The number of rotatable bonds is 5. The largest absolute Gasteiger partial charge is 0.395 e. The number of benzene rings is 1. The minimum atomic E-state index is -3.47. The molecule has 17 heavy (non-hydrogen) atoms. The van der Waals surface area contributed by atoms with Crippen molar-refractivity contribution in [2.45, 2.75) is 18.2 Å². The highest BCUT2D eigenvalue weighted by atomic mass is 32.2. The Morgan fingerprint density at radius 3 is 2.59 bits per heavy atom. The lowest BCUT2D eigenvalue weighted by atomic mass is 10.0. The van der Waals surface area contributed by atoms with Crippen LogP contribution in [0, 0.1) is 5.82 Å². The Bertz CT molecular complexity index is 475. The van der Waals surface area contributed by atoms with Gasteiger partial charge in [0.1, 0.15) is 11.1 Å². The van der Waals surface area contributed by atoms with E-state index in [1.54, 1.807) is 6.07 Å². The van der Waals surface area contributed by atoms with Crippen molar-refractivity contribution in [1.82, 2.24) is 0 Å². The Morgan fingerprint density at radius 2 is 2.12 bits per heavy atom. The molecule has 0 fully saturated rings. The van der Waals surface area contributed by atoms with Crippen LogP contribution in [0.1, 0.15) is 18.5 Å². The van der Waals surface area contributed by atoms with Crippen LogP contribution in [0.15, 0.2) is 24.3 Å². The summed E-state index contributed by atoms with van der Waals surface area (Å²) < 4.78 is 36.4. The lowest BCUT2D eigenvalue weighted by Gasteiger charge is -2.21. The zero-order valence-electron chi connectivity index (χ0n) is 9.51. The second kappa shape index (κ2) is 5.57. The first-order chi connectivity index (χ1) is 7.92. The van der Waals surface area contributed by atoms with Gasteiger partial charge in [-0.1, -0.05) is 19.1 Å². The summed E-state index contributed by atoms with van der Waals surface area (Å²) in [5, 5.41) is 8.04. The van der Waals surface area contributed by atoms with Gasteiger partial charge in [0.05, 0.1) is 6.61 Å². The minimum absolute atomic E-state index is 0.110. The lowest BCUT2D eigenvalue weighted by molar-refractivity contribution is 0.277. The van der Waals surface area contributed by atoms with Crippen molar-refractivity contribution in [2.75, 3.05) is 12.4 Å². The number of hydrogen-bond acceptors (Lipinski definition) is 4. The normalized spacial score (nSPS) is 15.5. The lowest BCUT2D eigenvalue weighted by Crippen LogP contribution is -2.37. The topological polar surface area (TPSA) is 80.4 Å². The molecule has 0 aromatic heterocycles. The van der Waals surface area contributed by atoms with E-state index in [-0.39, 0.29) is 5.75 Å². The van der Waals surface area contributed by atoms with E-state index in [9.17, 15) is 12.8 Å². The Labute approximate surface area is 100 Å². The van der Waals surface area contributed by atoms with Crippen LogP contribution in [-0.2, 0) is 9.84 Å². The highest BCUT2D eigenvalue weighted by molar-refractivity contribution is 7.92. The van der Waals surface area contributed by atoms with Gasteiger partial charge in [-0.05, 0) is 17.7 Å². The molecule has 0 unspecified atom stereocenters. The standard InChI is InChI=1S/C11H16FNO3S/c1-2-17(15,16)10(7-14)11(13)8-4-3-5-9(12)6-8/h3-6,10-11,14H,2,7,13H2,1H3/t10-,11+/m0/s1. The fourth-order valence-corrected chi connectivity index (χ4v) is 2.85. The summed E-state index contributed by atoms with van der Waals surface area (Å²) in [5.74, 6) is -0.593. The van der Waals surface area contributed by atoms with Crippen molar-refractivity contribution < 1.29 is 17.9 Å². The van der Waals surface area contributed by atoms with Gasteiger partial charge >= 0.3 is 0 Å². The van der Waals surface area contributed by atoms with Crippen molar-refractivity contribution in [3.05, 3.63) is 35.6 Å². The molecular formula is C11H16FNO3S. The Balaban J connectivity index is 3.06. The molecule has 96 valence electrons. The van der Waals surface area contributed by atoms with Crippen LogP contribution < -0.4 is 5.73 Å². The van der Waals surface area contributed by atoms with Crippen molar-refractivity contribution in [2.24, 2.45) is 5.73 Å². The number of aliphatic hydroxyl groups excluding tert-OH is 1. The first-order valence-electron chi connectivity index (χ1n) is 5.25. The molecule has 0 aliphatic heterocycles. The second-order valence-corrected chi connectivity index (χ2v) is 6.26. The second-order valence-electron chi connectivity index (χ2n) is 3.75. The fourth-order valence-electron chi connectivity index (χ4n) is 1.59. The number of hydrogen-bond donors (Lipinski definition) is 2. The maximum absolute atomic E-state index is 13.0. The molecule has 0 spiro atoms. The van der Waals surface area contributed by atoms with Crippen LogP contribution in [0.3, 0.4) is 0 Å². The van der Waals surface area contributed by atoms with Crippen LogP contribution in [0.4, 0.5) is 4.39 Å². The molecule has 2 atom stereocenters. The van der Waals surface area contributed by atoms with Crippen molar-refractivity contribution in [1.29, 1.82) is 0 Å². The Hall–Kier alpha value is -0.980. The molecule has 4 nitrogen and oxygen atoms in total. The van der Waals surface area contributed by atoms with Gasteiger partial charge in [0.2, 0.25) is 0 Å². The first kappa shape index (κ1) is 14.1. The van der Waals surface area contributed by atoms with Crippen LogP contribution in [0.5, 0.6) is 0 Å². The number of sulfone groups is 1. The summed E-state index contributed by atoms with van der Waals surface area (Å²) in [6.45, 7) is 0.907. The predicted molar refractivity (Wildman–Crippen MR) is 63.7 cm³/mol.